The third-order valence-electron chi connectivity index (χ3n) is 5.25. The topological polar surface area (TPSA) is 43.4 Å². The number of benzene rings is 3. The Balaban J connectivity index is 1.76. The van der Waals surface area contributed by atoms with Crippen LogP contribution in [0.25, 0.3) is 5.57 Å². The number of hydrogen-bond donors (Lipinski definition) is 0. The van der Waals surface area contributed by atoms with Crippen molar-refractivity contribution in [2.75, 3.05) is 12.9 Å². The minimum absolute atomic E-state index is 0.0120. The molecule has 0 aromatic heterocycles. The van der Waals surface area contributed by atoms with E-state index in [1.807, 2.05) is 54.6 Å². The van der Waals surface area contributed by atoms with Gasteiger partial charge in [0.05, 0.1) is 7.11 Å². The SMILES string of the molecule is COc1ccc(C(=O)C/C(=C2/CCSc3ccccc3C2=O)c2ccccc2)cc1. The zero-order valence-electron chi connectivity index (χ0n) is 16.8. The van der Waals surface area contributed by atoms with Crippen molar-refractivity contribution < 1.29 is 14.3 Å². The summed E-state index contributed by atoms with van der Waals surface area (Å²) in [6, 6.07) is 24.6. The van der Waals surface area contributed by atoms with Crippen LogP contribution in [0, 0.1) is 0 Å². The second-order valence-electron chi connectivity index (χ2n) is 7.08. The van der Waals surface area contributed by atoms with Gasteiger partial charge in [-0.1, -0.05) is 42.5 Å². The number of allylic oxidation sites excluding steroid dienone is 2. The van der Waals surface area contributed by atoms with Gasteiger partial charge >= 0.3 is 0 Å². The first kappa shape index (κ1) is 20.2. The molecule has 0 unspecified atom stereocenters. The number of methoxy groups -OCH3 is 1. The van der Waals surface area contributed by atoms with Crippen molar-refractivity contribution in [2.45, 2.75) is 17.7 Å². The second-order valence-corrected chi connectivity index (χ2v) is 8.21. The van der Waals surface area contributed by atoms with Gasteiger partial charge < -0.3 is 4.74 Å². The van der Waals surface area contributed by atoms with Crippen LogP contribution in [0.15, 0.2) is 89.3 Å². The van der Waals surface area contributed by atoms with Crippen molar-refractivity contribution in [1.82, 2.24) is 0 Å². The Hall–Kier alpha value is -3.11. The summed E-state index contributed by atoms with van der Waals surface area (Å²) in [5.41, 5.74) is 3.81. The van der Waals surface area contributed by atoms with Gasteiger partial charge in [-0.2, -0.15) is 0 Å². The van der Waals surface area contributed by atoms with Crippen LogP contribution in [0.1, 0.15) is 39.1 Å². The molecule has 0 aliphatic carbocycles. The van der Waals surface area contributed by atoms with E-state index >= 15 is 0 Å². The summed E-state index contributed by atoms with van der Waals surface area (Å²) in [5, 5.41) is 0. The highest BCUT2D eigenvalue weighted by Gasteiger charge is 2.25. The molecular formula is C26H22O3S. The van der Waals surface area contributed by atoms with Crippen LogP contribution in [0.5, 0.6) is 5.75 Å². The lowest BCUT2D eigenvalue weighted by molar-refractivity contribution is 0.0998. The molecule has 0 bridgehead atoms. The standard InChI is InChI=1S/C26H22O3S/c1-29-20-13-11-19(12-14-20)24(27)17-23(18-7-3-2-4-8-18)21-15-16-30-25-10-6-5-9-22(25)26(21)28/h2-14H,15-17H2,1H3/b23-21+. The lowest BCUT2D eigenvalue weighted by Gasteiger charge is -2.14. The predicted molar refractivity (Wildman–Crippen MR) is 121 cm³/mol. The first-order chi connectivity index (χ1) is 14.7. The molecule has 4 rings (SSSR count). The van der Waals surface area contributed by atoms with Crippen LogP contribution in [-0.2, 0) is 0 Å². The van der Waals surface area contributed by atoms with Gasteiger partial charge in [0.15, 0.2) is 11.6 Å². The molecule has 3 aromatic rings. The molecule has 0 fully saturated rings. The maximum absolute atomic E-state index is 13.5. The molecule has 0 saturated heterocycles. The number of ether oxygens (including phenoxy) is 1. The van der Waals surface area contributed by atoms with Crippen LogP contribution >= 0.6 is 11.8 Å². The predicted octanol–water partition coefficient (Wildman–Crippen LogP) is 6.10. The van der Waals surface area contributed by atoms with E-state index in [1.165, 1.54) is 0 Å². The van der Waals surface area contributed by atoms with Gasteiger partial charge in [0.1, 0.15) is 5.75 Å². The highest BCUT2D eigenvalue weighted by molar-refractivity contribution is 7.99. The average molecular weight is 415 g/mol. The van der Waals surface area contributed by atoms with Gasteiger partial charge in [-0.25, -0.2) is 0 Å². The molecule has 0 atom stereocenters. The highest BCUT2D eigenvalue weighted by atomic mass is 32.2. The van der Waals surface area contributed by atoms with Crippen molar-refractivity contribution in [3.05, 3.63) is 101 Å². The summed E-state index contributed by atoms with van der Waals surface area (Å²) in [7, 11) is 1.60. The molecule has 1 aliphatic heterocycles. The van der Waals surface area contributed by atoms with Gasteiger partial charge in [-0.3, -0.25) is 9.59 Å². The summed E-state index contributed by atoms with van der Waals surface area (Å²) in [5.74, 6) is 1.53. The van der Waals surface area contributed by atoms with Crippen LogP contribution in [-0.4, -0.2) is 24.4 Å². The number of carbonyl (C=O) groups excluding carboxylic acids is 2. The normalized spacial score (nSPS) is 15.2. The molecular weight excluding hydrogens is 392 g/mol. The monoisotopic (exact) mass is 414 g/mol. The van der Waals surface area contributed by atoms with Gasteiger partial charge in [0, 0.05) is 33.8 Å². The van der Waals surface area contributed by atoms with Gasteiger partial charge in [0.2, 0.25) is 0 Å². The average Bonchev–Trinajstić information content (AvgIpc) is 2.97. The minimum Gasteiger partial charge on any atom is -0.497 e. The number of rotatable bonds is 5. The van der Waals surface area contributed by atoms with Crippen LogP contribution in [0.2, 0.25) is 0 Å². The van der Waals surface area contributed by atoms with E-state index in [-0.39, 0.29) is 18.0 Å². The number of carbonyl (C=O) groups is 2. The summed E-state index contributed by atoms with van der Waals surface area (Å²) in [6.07, 6.45) is 0.822. The molecule has 150 valence electrons. The zero-order chi connectivity index (χ0) is 20.9. The van der Waals surface area contributed by atoms with E-state index in [0.717, 1.165) is 32.9 Å². The molecule has 1 heterocycles. The van der Waals surface area contributed by atoms with Crippen molar-refractivity contribution in [3.63, 3.8) is 0 Å². The summed E-state index contributed by atoms with van der Waals surface area (Å²) < 4.78 is 5.19. The van der Waals surface area contributed by atoms with E-state index < -0.39 is 0 Å². The largest absolute Gasteiger partial charge is 0.497 e. The van der Waals surface area contributed by atoms with Gasteiger partial charge in [-0.15, -0.1) is 11.8 Å². The lowest BCUT2D eigenvalue weighted by atomic mass is 9.88. The Bertz CT molecular complexity index is 1100. The first-order valence-corrected chi connectivity index (χ1v) is 10.9. The minimum atomic E-state index is -0.0120. The van der Waals surface area contributed by atoms with Crippen LogP contribution < -0.4 is 4.74 Å². The number of hydrogen-bond acceptors (Lipinski definition) is 4. The summed E-state index contributed by atoms with van der Waals surface area (Å²) in [4.78, 5) is 27.6. The van der Waals surface area contributed by atoms with Crippen molar-refractivity contribution >= 4 is 28.9 Å². The lowest BCUT2D eigenvalue weighted by Crippen LogP contribution is -2.10. The number of fused-ring (bicyclic) bond motifs is 1. The zero-order valence-corrected chi connectivity index (χ0v) is 17.6. The molecule has 0 saturated carbocycles. The molecule has 0 amide bonds. The highest BCUT2D eigenvalue weighted by Crippen LogP contribution is 2.36. The van der Waals surface area contributed by atoms with Crippen molar-refractivity contribution in [3.8, 4) is 5.75 Å². The molecule has 0 radical (unpaired) electrons. The smallest absolute Gasteiger partial charge is 0.190 e. The maximum Gasteiger partial charge on any atom is 0.190 e. The third-order valence-corrected chi connectivity index (χ3v) is 6.33. The molecule has 1 aliphatic rings. The third kappa shape index (κ3) is 4.24. The molecule has 4 heteroatoms. The first-order valence-electron chi connectivity index (χ1n) is 9.88. The maximum atomic E-state index is 13.5. The van der Waals surface area contributed by atoms with E-state index in [9.17, 15) is 9.59 Å². The van der Waals surface area contributed by atoms with Crippen LogP contribution in [0.4, 0.5) is 0 Å². The molecule has 30 heavy (non-hydrogen) atoms. The second kappa shape index (κ2) is 9.14. The molecule has 3 aromatic carbocycles. The molecule has 0 N–H and O–H groups in total. The van der Waals surface area contributed by atoms with E-state index in [4.69, 9.17) is 4.74 Å². The fourth-order valence-electron chi connectivity index (χ4n) is 3.67. The Morgan fingerprint density at radius 3 is 2.33 bits per heavy atom. The Kier molecular flexibility index (Phi) is 6.15. The van der Waals surface area contributed by atoms with Crippen molar-refractivity contribution in [1.29, 1.82) is 0 Å². The van der Waals surface area contributed by atoms with E-state index in [0.29, 0.717) is 17.7 Å². The molecule has 3 nitrogen and oxygen atoms in total. The Morgan fingerprint density at radius 2 is 1.60 bits per heavy atom. The number of ketones is 2. The Labute approximate surface area is 180 Å². The number of thioether (sulfide) groups is 1. The quantitative estimate of drug-likeness (QED) is 0.374. The van der Waals surface area contributed by atoms with Gasteiger partial charge in [0.25, 0.3) is 0 Å². The van der Waals surface area contributed by atoms with Gasteiger partial charge in [-0.05, 0) is 54.0 Å². The van der Waals surface area contributed by atoms with Crippen LogP contribution in [0.3, 0.4) is 0 Å². The fraction of sp³-hybridized carbons (Fsp3) is 0.154. The Morgan fingerprint density at radius 1 is 0.900 bits per heavy atom. The van der Waals surface area contributed by atoms with Crippen molar-refractivity contribution in [2.24, 2.45) is 0 Å². The molecule has 0 spiro atoms. The van der Waals surface area contributed by atoms with E-state index in [1.54, 1.807) is 43.1 Å². The summed E-state index contributed by atoms with van der Waals surface area (Å²) >= 11 is 1.70. The summed E-state index contributed by atoms with van der Waals surface area (Å²) in [6.45, 7) is 0. The number of Topliss-reactive ketones (excluding diaryl/α,β-unsaturated/α-hetero) is 2. The van der Waals surface area contributed by atoms with E-state index in [2.05, 4.69) is 0 Å². The fourth-order valence-corrected chi connectivity index (χ4v) is 4.69.